The number of thiazole rings is 1. The van der Waals surface area contributed by atoms with E-state index in [1.165, 1.54) is 16.2 Å². The summed E-state index contributed by atoms with van der Waals surface area (Å²) in [5.74, 6) is -0.963. The summed E-state index contributed by atoms with van der Waals surface area (Å²) in [4.78, 5) is 28.3. The van der Waals surface area contributed by atoms with Crippen LogP contribution >= 0.6 is 11.3 Å². The number of benzene rings is 1. The minimum atomic E-state index is -0.963. The summed E-state index contributed by atoms with van der Waals surface area (Å²) < 4.78 is 0. The Kier molecular flexibility index (Phi) is 4.29. The van der Waals surface area contributed by atoms with E-state index in [-0.39, 0.29) is 11.6 Å². The van der Waals surface area contributed by atoms with E-state index in [2.05, 4.69) is 4.98 Å². The Morgan fingerprint density at radius 1 is 1.17 bits per heavy atom. The molecule has 23 heavy (non-hydrogen) atoms. The van der Waals surface area contributed by atoms with E-state index in [4.69, 9.17) is 5.11 Å². The van der Waals surface area contributed by atoms with Gasteiger partial charge < -0.3 is 10.2 Å². The number of carboxylic acid groups (broad SMARTS) is 2. The predicted molar refractivity (Wildman–Crippen MR) is 85.8 cm³/mol. The summed E-state index contributed by atoms with van der Waals surface area (Å²) in [5, 5.41) is 20.9. The average molecular weight is 332 g/mol. The van der Waals surface area contributed by atoms with Crippen LogP contribution in [0, 0.1) is 0 Å². The van der Waals surface area contributed by atoms with Crippen molar-refractivity contribution < 1.29 is 19.8 Å². The number of piperidine rings is 1. The van der Waals surface area contributed by atoms with E-state index in [0.29, 0.717) is 6.54 Å². The molecule has 1 aromatic carbocycles. The van der Waals surface area contributed by atoms with Gasteiger partial charge in [-0.15, -0.1) is 11.3 Å². The Hall–Kier alpha value is -2.41. The highest BCUT2D eigenvalue weighted by atomic mass is 32.1. The van der Waals surface area contributed by atoms with Crippen molar-refractivity contribution >= 4 is 23.4 Å². The van der Waals surface area contributed by atoms with E-state index >= 15 is 0 Å². The summed E-state index contributed by atoms with van der Waals surface area (Å²) in [6.45, 7) is 0.544. The van der Waals surface area contributed by atoms with Crippen LogP contribution in [-0.4, -0.2) is 38.7 Å². The molecule has 2 aromatic rings. The average Bonchev–Trinajstić information content (AvgIpc) is 3.04. The SMILES string of the molecule is O=C(O)c1ccc(-c2csc([C@H]3CCCCN3C(=O)O)n2)cc1. The van der Waals surface area contributed by atoms with Crippen molar-refractivity contribution in [2.45, 2.75) is 25.3 Å². The van der Waals surface area contributed by atoms with Gasteiger partial charge in [-0.2, -0.15) is 0 Å². The monoisotopic (exact) mass is 332 g/mol. The Morgan fingerprint density at radius 2 is 1.91 bits per heavy atom. The summed E-state index contributed by atoms with van der Waals surface area (Å²) in [5.41, 5.74) is 1.81. The van der Waals surface area contributed by atoms with Crippen LogP contribution in [0.1, 0.15) is 40.7 Å². The second kappa shape index (κ2) is 6.37. The third-order valence-electron chi connectivity index (χ3n) is 3.98. The van der Waals surface area contributed by atoms with Gasteiger partial charge in [0.25, 0.3) is 0 Å². The molecule has 1 aliphatic heterocycles. The standard InChI is InChI=1S/C16H16N2O4S/c19-15(20)11-6-4-10(5-7-11)12-9-23-14(17-12)13-3-1-2-8-18(13)16(21)22/h4-7,9,13H,1-3,8H2,(H,19,20)(H,21,22)/t13-/m1/s1. The van der Waals surface area contributed by atoms with Crippen molar-refractivity contribution in [1.82, 2.24) is 9.88 Å². The number of rotatable bonds is 3. The lowest BCUT2D eigenvalue weighted by Gasteiger charge is -2.32. The molecule has 120 valence electrons. The van der Waals surface area contributed by atoms with Gasteiger partial charge in [-0.05, 0) is 31.4 Å². The minimum absolute atomic E-state index is 0.182. The number of hydrogen-bond donors (Lipinski definition) is 2. The molecule has 0 bridgehead atoms. The summed E-state index contributed by atoms with van der Waals surface area (Å²) in [6.07, 6.45) is 1.77. The van der Waals surface area contributed by atoms with Gasteiger partial charge in [-0.3, -0.25) is 4.90 Å². The first-order valence-corrected chi connectivity index (χ1v) is 8.23. The second-order valence-corrected chi connectivity index (χ2v) is 6.33. The molecular formula is C16H16N2O4S. The van der Waals surface area contributed by atoms with E-state index in [1.54, 1.807) is 24.3 Å². The third kappa shape index (κ3) is 3.19. The first-order valence-electron chi connectivity index (χ1n) is 7.35. The fourth-order valence-corrected chi connectivity index (χ4v) is 3.75. The second-order valence-electron chi connectivity index (χ2n) is 5.44. The van der Waals surface area contributed by atoms with Gasteiger partial charge in [0, 0.05) is 17.5 Å². The van der Waals surface area contributed by atoms with Crippen LogP contribution in [-0.2, 0) is 0 Å². The number of carboxylic acids is 1. The van der Waals surface area contributed by atoms with E-state index in [1.807, 2.05) is 5.38 Å². The Labute approximate surface area is 137 Å². The molecule has 0 aliphatic carbocycles. The summed E-state index contributed by atoms with van der Waals surface area (Å²) >= 11 is 1.45. The zero-order valence-electron chi connectivity index (χ0n) is 12.3. The largest absolute Gasteiger partial charge is 0.478 e. The highest BCUT2D eigenvalue weighted by Crippen LogP contribution is 2.34. The van der Waals surface area contributed by atoms with Crippen molar-refractivity contribution in [3.8, 4) is 11.3 Å². The zero-order chi connectivity index (χ0) is 16.4. The maximum Gasteiger partial charge on any atom is 0.407 e. The van der Waals surface area contributed by atoms with Gasteiger partial charge in [-0.1, -0.05) is 12.1 Å². The number of aromatic carboxylic acids is 1. The smallest absolute Gasteiger partial charge is 0.407 e. The quantitative estimate of drug-likeness (QED) is 0.894. The van der Waals surface area contributed by atoms with Gasteiger partial charge in [0.15, 0.2) is 0 Å². The van der Waals surface area contributed by atoms with E-state index in [9.17, 15) is 14.7 Å². The van der Waals surface area contributed by atoms with Crippen LogP contribution < -0.4 is 0 Å². The number of nitrogens with zero attached hydrogens (tertiary/aromatic N) is 2. The van der Waals surface area contributed by atoms with Crippen molar-refractivity contribution in [2.75, 3.05) is 6.54 Å². The van der Waals surface area contributed by atoms with Crippen LogP contribution in [0.25, 0.3) is 11.3 Å². The van der Waals surface area contributed by atoms with Crippen molar-refractivity contribution in [2.24, 2.45) is 0 Å². The molecule has 7 heteroatoms. The molecule has 0 radical (unpaired) electrons. The Morgan fingerprint density at radius 3 is 2.57 bits per heavy atom. The number of likely N-dealkylation sites (tertiary alicyclic amines) is 1. The fourth-order valence-electron chi connectivity index (χ4n) is 2.77. The minimum Gasteiger partial charge on any atom is -0.478 e. The first-order chi connectivity index (χ1) is 11.1. The van der Waals surface area contributed by atoms with Crippen molar-refractivity contribution in [3.63, 3.8) is 0 Å². The first kappa shape index (κ1) is 15.5. The van der Waals surface area contributed by atoms with Crippen LogP contribution in [0.5, 0.6) is 0 Å². The van der Waals surface area contributed by atoms with Crippen LogP contribution in [0.4, 0.5) is 4.79 Å². The molecule has 1 fully saturated rings. The normalized spacial score (nSPS) is 17.9. The molecule has 1 saturated heterocycles. The van der Waals surface area contributed by atoms with Gasteiger partial charge in [-0.25, -0.2) is 14.6 Å². The summed E-state index contributed by atoms with van der Waals surface area (Å²) in [6, 6.07) is 6.34. The van der Waals surface area contributed by atoms with E-state index < -0.39 is 12.1 Å². The number of aromatic nitrogens is 1. The zero-order valence-corrected chi connectivity index (χ0v) is 13.1. The van der Waals surface area contributed by atoms with Crippen LogP contribution in [0.3, 0.4) is 0 Å². The lowest BCUT2D eigenvalue weighted by Crippen LogP contribution is -2.37. The fraction of sp³-hybridized carbons (Fsp3) is 0.312. The maximum absolute atomic E-state index is 11.4. The number of amides is 1. The highest BCUT2D eigenvalue weighted by Gasteiger charge is 2.29. The molecule has 0 saturated carbocycles. The molecule has 2 N–H and O–H groups in total. The molecule has 0 spiro atoms. The maximum atomic E-state index is 11.4. The molecule has 6 nitrogen and oxygen atoms in total. The van der Waals surface area contributed by atoms with Crippen LogP contribution in [0.2, 0.25) is 0 Å². The number of hydrogen-bond acceptors (Lipinski definition) is 4. The molecule has 1 atom stereocenters. The van der Waals surface area contributed by atoms with Crippen molar-refractivity contribution in [3.05, 3.63) is 40.2 Å². The molecule has 1 amide bonds. The van der Waals surface area contributed by atoms with Gasteiger partial charge in [0.1, 0.15) is 5.01 Å². The number of carbonyl (C=O) groups is 2. The topological polar surface area (TPSA) is 90.7 Å². The third-order valence-corrected chi connectivity index (χ3v) is 4.93. The predicted octanol–water partition coefficient (Wildman–Crippen LogP) is 3.71. The Balaban J connectivity index is 1.84. The molecular weight excluding hydrogens is 316 g/mol. The molecule has 1 aromatic heterocycles. The molecule has 1 aliphatic rings. The lowest BCUT2D eigenvalue weighted by atomic mass is 10.0. The van der Waals surface area contributed by atoms with E-state index in [0.717, 1.165) is 35.5 Å². The Bertz CT molecular complexity index is 726. The highest BCUT2D eigenvalue weighted by molar-refractivity contribution is 7.10. The van der Waals surface area contributed by atoms with Gasteiger partial charge in [0.2, 0.25) is 0 Å². The lowest BCUT2D eigenvalue weighted by molar-refractivity contribution is 0.0696. The van der Waals surface area contributed by atoms with Gasteiger partial charge >= 0.3 is 12.1 Å². The van der Waals surface area contributed by atoms with Crippen LogP contribution in [0.15, 0.2) is 29.6 Å². The summed E-state index contributed by atoms with van der Waals surface area (Å²) in [7, 11) is 0. The molecule has 0 unspecified atom stereocenters. The van der Waals surface area contributed by atoms with Gasteiger partial charge in [0.05, 0.1) is 17.3 Å². The molecule has 2 heterocycles. The van der Waals surface area contributed by atoms with Crippen molar-refractivity contribution in [1.29, 1.82) is 0 Å². The molecule has 3 rings (SSSR count).